The first-order valence-electron chi connectivity index (χ1n) is 6.50. The largest absolute Gasteiger partial charge is 0.467 e. The predicted octanol–water partition coefficient (Wildman–Crippen LogP) is 0.136. The number of fused-ring (bicyclic) bond motifs is 1. The molecule has 1 aliphatic heterocycles. The maximum absolute atomic E-state index is 11.8. The molecule has 0 spiro atoms. The summed E-state index contributed by atoms with van der Waals surface area (Å²) < 4.78 is 21.2. The van der Waals surface area contributed by atoms with E-state index in [1.165, 1.54) is 14.0 Å². The molecule has 1 N–H and O–H groups in total. The number of esters is 2. The van der Waals surface area contributed by atoms with Crippen molar-refractivity contribution in [2.45, 2.75) is 63.3 Å². The van der Waals surface area contributed by atoms with Gasteiger partial charge in [-0.1, -0.05) is 0 Å². The zero-order chi connectivity index (χ0) is 15.1. The zero-order valence-corrected chi connectivity index (χ0v) is 12.0. The smallest absolute Gasteiger partial charge is 0.338 e. The van der Waals surface area contributed by atoms with Crippen LogP contribution < -0.4 is 0 Å². The molecule has 1 aliphatic carbocycles. The van der Waals surface area contributed by atoms with E-state index in [1.54, 1.807) is 13.8 Å². The average Bonchev–Trinajstić information content (AvgIpc) is 2.61. The second-order valence-corrected chi connectivity index (χ2v) is 5.72. The molecule has 1 saturated heterocycles. The molecule has 0 bridgehead atoms. The van der Waals surface area contributed by atoms with Crippen LogP contribution in [0.5, 0.6) is 0 Å². The number of carbonyl (C=O) groups excluding carboxylic acids is 2. The third kappa shape index (κ3) is 2.79. The lowest BCUT2D eigenvalue weighted by molar-refractivity contribution is -0.188. The molecule has 2 rings (SSSR count). The number of carbonyl (C=O) groups is 2. The van der Waals surface area contributed by atoms with Crippen LogP contribution in [0.15, 0.2) is 0 Å². The summed E-state index contributed by atoms with van der Waals surface area (Å²) in [5.74, 6) is -2.12. The average molecular weight is 288 g/mol. The van der Waals surface area contributed by atoms with Gasteiger partial charge >= 0.3 is 11.9 Å². The van der Waals surface area contributed by atoms with Gasteiger partial charge in [-0.3, -0.25) is 4.79 Å². The van der Waals surface area contributed by atoms with Crippen LogP contribution in [0.25, 0.3) is 0 Å². The molecule has 0 aromatic carbocycles. The fourth-order valence-electron chi connectivity index (χ4n) is 2.88. The summed E-state index contributed by atoms with van der Waals surface area (Å²) in [6.07, 6.45) is -1.81. The molecule has 0 unspecified atom stereocenters. The van der Waals surface area contributed by atoms with Gasteiger partial charge in [-0.05, 0) is 13.8 Å². The number of hydrogen-bond donors (Lipinski definition) is 1. The van der Waals surface area contributed by atoms with Crippen LogP contribution in [0.1, 0.15) is 33.6 Å². The summed E-state index contributed by atoms with van der Waals surface area (Å²) in [7, 11) is 1.20. The Kier molecular flexibility index (Phi) is 3.79. The second-order valence-electron chi connectivity index (χ2n) is 5.72. The molecular weight excluding hydrogens is 268 g/mol. The maximum atomic E-state index is 11.8. The van der Waals surface area contributed by atoms with Gasteiger partial charge in [0.25, 0.3) is 0 Å². The van der Waals surface area contributed by atoms with Crippen molar-refractivity contribution in [3.8, 4) is 0 Å². The molecule has 4 atom stereocenters. The third-order valence-corrected chi connectivity index (χ3v) is 3.55. The van der Waals surface area contributed by atoms with E-state index >= 15 is 0 Å². The quantitative estimate of drug-likeness (QED) is 0.722. The molecule has 0 amide bonds. The zero-order valence-electron chi connectivity index (χ0n) is 12.0. The van der Waals surface area contributed by atoms with Gasteiger partial charge < -0.3 is 24.1 Å². The Hall–Kier alpha value is -1.18. The minimum absolute atomic E-state index is 0.0472. The van der Waals surface area contributed by atoms with Gasteiger partial charge in [-0.2, -0.15) is 0 Å². The molecule has 7 nitrogen and oxygen atoms in total. The lowest BCUT2D eigenvalue weighted by atomic mass is 9.79. The van der Waals surface area contributed by atoms with Gasteiger partial charge in [0.05, 0.1) is 13.2 Å². The van der Waals surface area contributed by atoms with Gasteiger partial charge in [-0.15, -0.1) is 0 Å². The van der Waals surface area contributed by atoms with Crippen molar-refractivity contribution >= 4 is 11.9 Å². The minimum Gasteiger partial charge on any atom is -0.467 e. The number of methoxy groups -OCH3 is 1. The highest BCUT2D eigenvalue weighted by atomic mass is 16.8. The summed E-state index contributed by atoms with van der Waals surface area (Å²) in [6, 6.07) is 0. The fraction of sp³-hybridized carbons (Fsp3) is 0.846. The second kappa shape index (κ2) is 4.98. The van der Waals surface area contributed by atoms with Crippen LogP contribution in [-0.2, 0) is 28.5 Å². The normalized spacial score (nSPS) is 39.0. The van der Waals surface area contributed by atoms with E-state index in [9.17, 15) is 14.7 Å². The van der Waals surface area contributed by atoms with Gasteiger partial charge in [0, 0.05) is 19.8 Å². The van der Waals surface area contributed by atoms with Crippen molar-refractivity contribution in [2.75, 3.05) is 7.11 Å². The van der Waals surface area contributed by atoms with Crippen LogP contribution in [0, 0.1) is 0 Å². The Bertz CT molecular complexity index is 419. The number of hydrogen-bond acceptors (Lipinski definition) is 7. The molecule has 2 aliphatic rings. The Morgan fingerprint density at radius 2 is 1.90 bits per heavy atom. The van der Waals surface area contributed by atoms with Crippen LogP contribution in [0.2, 0.25) is 0 Å². The number of ether oxygens (including phenoxy) is 4. The topological polar surface area (TPSA) is 91.3 Å². The molecule has 20 heavy (non-hydrogen) atoms. The van der Waals surface area contributed by atoms with Crippen LogP contribution in [0.4, 0.5) is 0 Å². The van der Waals surface area contributed by atoms with Crippen molar-refractivity contribution < 1.29 is 33.6 Å². The van der Waals surface area contributed by atoms with E-state index < -0.39 is 41.6 Å². The lowest BCUT2D eigenvalue weighted by Gasteiger charge is -2.39. The molecule has 1 heterocycles. The SMILES string of the molecule is COC(=O)[C@@]1(O)C[C@@H](OC(C)=O)[C@@H]2OC(C)(C)O[C@@H]2C1. The third-order valence-electron chi connectivity index (χ3n) is 3.55. The van der Waals surface area contributed by atoms with Gasteiger partial charge in [0.1, 0.15) is 12.2 Å². The summed E-state index contributed by atoms with van der Waals surface area (Å²) in [5, 5.41) is 10.4. The molecule has 1 saturated carbocycles. The Morgan fingerprint density at radius 3 is 2.45 bits per heavy atom. The van der Waals surface area contributed by atoms with Gasteiger partial charge in [0.2, 0.25) is 0 Å². The molecule has 0 aromatic rings. The highest BCUT2D eigenvalue weighted by Crippen LogP contribution is 2.42. The first-order valence-corrected chi connectivity index (χ1v) is 6.50. The molecule has 114 valence electrons. The Morgan fingerprint density at radius 1 is 1.25 bits per heavy atom. The van der Waals surface area contributed by atoms with E-state index in [1.807, 2.05) is 0 Å². The number of rotatable bonds is 2. The predicted molar refractivity (Wildman–Crippen MR) is 65.6 cm³/mol. The van der Waals surface area contributed by atoms with Crippen molar-refractivity contribution in [2.24, 2.45) is 0 Å². The summed E-state index contributed by atoms with van der Waals surface area (Å²) >= 11 is 0. The van der Waals surface area contributed by atoms with E-state index in [0.717, 1.165) is 0 Å². The van der Waals surface area contributed by atoms with Crippen molar-refractivity contribution in [3.05, 3.63) is 0 Å². The molecule has 7 heteroatoms. The molecule has 0 radical (unpaired) electrons. The first-order chi connectivity index (χ1) is 9.17. The molecule has 2 fully saturated rings. The van der Waals surface area contributed by atoms with Crippen molar-refractivity contribution in [1.29, 1.82) is 0 Å². The van der Waals surface area contributed by atoms with Crippen molar-refractivity contribution in [1.82, 2.24) is 0 Å². The maximum Gasteiger partial charge on any atom is 0.338 e. The Balaban J connectivity index is 2.25. The van der Waals surface area contributed by atoms with Crippen LogP contribution >= 0.6 is 0 Å². The van der Waals surface area contributed by atoms with Crippen LogP contribution in [-0.4, -0.2) is 53.9 Å². The molecular formula is C13H20O7. The summed E-state index contributed by atoms with van der Waals surface area (Å²) in [6.45, 7) is 4.72. The lowest BCUT2D eigenvalue weighted by Crippen LogP contribution is -2.56. The Labute approximate surface area is 117 Å². The van der Waals surface area contributed by atoms with Gasteiger partial charge in [0.15, 0.2) is 11.4 Å². The van der Waals surface area contributed by atoms with Crippen molar-refractivity contribution in [3.63, 3.8) is 0 Å². The number of aliphatic hydroxyl groups is 1. The summed E-state index contributed by atoms with van der Waals surface area (Å²) in [4.78, 5) is 23.0. The highest BCUT2D eigenvalue weighted by Gasteiger charge is 2.57. The molecule has 0 aromatic heterocycles. The fourth-order valence-corrected chi connectivity index (χ4v) is 2.88. The van der Waals surface area contributed by atoms with E-state index in [2.05, 4.69) is 4.74 Å². The monoisotopic (exact) mass is 288 g/mol. The van der Waals surface area contributed by atoms with E-state index in [0.29, 0.717) is 0 Å². The van der Waals surface area contributed by atoms with Crippen LogP contribution in [0.3, 0.4) is 0 Å². The first kappa shape index (κ1) is 15.2. The minimum atomic E-state index is -1.74. The van der Waals surface area contributed by atoms with E-state index in [-0.39, 0.29) is 12.8 Å². The van der Waals surface area contributed by atoms with Gasteiger partial charge in [-0.25, -0.2) is 4.79 Å². The highest BCUT2D eigenvalue weighted by molar-refractivity contribution is 5.79. The standard InChI is InChI=1S/C13H20O7/c1-7(14)18-8-5-13(16,11(15)17-4)6-9-10(8)20-12(2,3)19-9/h8-10,16H,5-6H2,1-4H3/t8-,9-,10+,13-/m1/s1. The van der Waals surface area contributed by atoms with E-state index in [4.69, 9.17) is 14.2 Å². The summed E-state index contributed by atoms with van der Waals surface area (Å²) in [5.41, 5.74) is -1.74.